The number of para-hydroxylation sites is 1. The molecule has 9 heteroatoms. The second-order valence-electron chi connectivity index (χ2n) is 5.19. The molecule has 0 fully saturated rings. The summed E-state index contributed by atoms with van der Waals surface area (Å²) in [6, 6.07) is 9.30. The first-order valence-electron chi connectivity index (χ1n) is 7.10. The Morgan fingerprint density at radius 2 is 1.83 bits per heavy atom. The second kappa shape index (κ2) is 6.42. The van der Waals surface area contributed by atoms with Gasteiger partial charge in [0.25, 0.3) is 0 Å². The molecule has 0 aliphatic rings. The third kappa shape index (κ3) is 3.06. The Hall–Kier alpha value is -3.33. The molecular formula is C15H15N7O2. The summed E-state index contributed by atoms with van der Waals surface area (Å²) in [5.74, 6) is 0.202. The maximum absolute atomic E-state index is 11.5. The van der Waals surface area contributed by atoms with Crippen molar-refractivity contribution in [1.29, 1.82) is 0 Å². The van der Waals surface area contributed by atoms with Crippen molar-refractivity contribution in [3.63, 3.8) is 0 Å². The minimum atomic E-state index is -0.521. The smallest absolute Gasteiger partial charge is 0.332 e. The number of hydrogen-bond acceptors (Lipinski definition) is 8. The number of hydrogen-bond donors (Lipinski definition) is 2. The average molecular weight is 325 g/mol. The predicted molar refractivity (Wildman–Crippen MR) is 91.0 cm³/mol. The van der Waals surface area contributed by atoms with Crippen molar-refractivity contribution in [3.05, 3.63) is 53.0 Å². The van der Waals surface area contributed by atoms with E-state index >= 15 is 0 Å². The SMILES string of the molecule is CN(C)Nc1ncnc(Nc2cccc3cccnc23)c1[N+](=O)[O-]. The highest BCUT2D eigenvalue weighted by Gasteiger charge is 2.24. The highest BCUT2D eigenvalue weighted by atomic mass is 16.6. The number of rotatable bonds is 5. The zero-order chi connectivity index (χ0) is 17.1. The number of nitrogens with zero attached hydrogens (tertiary/aromatic N) is 5. The third-order valence-corrected chi connectivity index (χ3v) is 3.22. The van der Waals surface area contributed by atoms with Crippen molar-refractivity contribution < 1.29 is 4.92 Å². The predicted octanol–water partition coefficient (Wildman–Crippen LogP) is 2.57. The molecule has 0 radical (unpaired) electrons. The Kier molecular flexibility index (Phi) is 4.17. The molecule has 0 unspecified atom stereocenters. The second-order valence-corrected chi connectivity index (χ2v) is 5.19. The van der Waals surface area contributed by atoms with Gasteiger partial charge in [-0.1, -0.05) is 18.2 Å². The summed E-state index contributed by atoms with van der Waals surface area (Å²) in [4.78, 5) is 23.3. The molecule has 9 nitrogen and oxygen atoms in total. The number of nitro groups is 1. The number of pyridine rings is 1. The number of anilines is 3. The van der Waals surface area contributed by atoms with Gasteiger partial charge in [-0.2, -0.15) is 0 Å². The van der Waals surface area contributed by atoms with E-state index in [1.54, 1.807) is 31.4 Å². The maximum atomic E-state index is 11.5. The van der Waals surface area contributed by atoms with Crippen molar-refractivity contribution >= 4 is 33.9 Å². The van der Waals surface area contributed by atoms with Crippen LogP contribution in [0.15, 0.2) is 42.9 Å². The van der Waals surface area contributed by atoms with Crippen LogP contribution in [0, 0.1) is 10.1 Å². The molecule has 3 aromatic rings. The largest absolute Gasteiger partial charge is 0.354 e. The lowest BCUT2D eigenvalue weighted by atomic mass is 10.2. The van der Waals surface area contributed by atoms with E-state index in [0.717, 1.165) is 5.39 Å². The maximum Gasteiger partial charge on any atom is 0.354 e. The van der Waals surface area contributed by atoms with Gasteiger partial charge in [-0.05, 0) is 12.1 Å². The average Bonchev–Trinajstić information content (AvgIpc) is 2.54. The Balaban J connectivity index is 2.07. The molecule has 2 heterocycles. The number of aromatic nitrogens is 3. The highest BCUT2D eigenvalue weighted by molar-refractivity contribution is 5.92. The molecule has 0 aliphatic heterocycles. The van der Waals surface area contributed by atoms with Gasteiger partial charge < -0.3 is 5.32 Å². The Labute approximate surface area is 137 Å². The van der Waals surface area contributed by atoms with Crippen molar-refractivity contribution in [2.75, 3.05) is 24.8 Å². The molecule has 122 valence electrons. The van der Waals surface area contributed by atoms with Gasteiger partial charge in [-0.15, -0.1) is 0 Å². The summed E-state index contributed by atoms with van der Waals surface area (Å²) in [5, 5.41) is 17.0. The van der Waals surface area contributed by atoms with Crippen LogP contribution < -0.4 is 10.7 Å². The lowest BCUT2D eigenvalue weighted by Crippen LogP contribution is -2.21. The normalized spacial score (nSPS) is 10.8. The molecule has 0 saturated carbocycles. The molecule has 0 spiro atoms. The van der Waals surface area contributed by atoms with Crippen LogP contribution in [0.5, 0.6) is 0 Å². The van der Waals surface area contributed by atoms with E-state index in [1.807, 2.05) is 24.3 Å². The van der Waals surface area contributed by atoms with Crippen LogP contribution in [-0.2, 0) is 0 Å². The van der Waals surface area contributed by atoms with E-state index in [9.17, 15) is 10.1 Å². The van der Waals surface area contributed by atoms with Gasteiger partial charge >= 0.3 is 5.69 Å². The first-order chi connectivity index (χ1) is 11.6. The topological polar surface area (TPSA) is 109 Å². The highest BCUT2D eigenvalue weighted by Crippen LogP contribution is 2.32. The van der Waals surface area contributed by atoms with Crippen molar-refractivity contribution in [2.24, 2.45) is 0 Å². The van der Waals surface area contributed by atoms with Gasteiger partial charge in [-0.25, -0.2) is 15.0 Å². The van der Waals surface area contributed by atoms with Gasteiger partial charge in [-0.3, -0.25) is 20.5 Å². The fourth-order valence-corrected chi connectivity index (χ4v) is 2.27. The molecule has 2 N–H and O–H groups in total. The molecule has 2 aromatic heterocycles. The Morgan fingerprint density at radius 1 is 1.08 bits per heavy atom. The van der Waals surface area contributed by atoms with Crippen LogP contribution in [0.4, 0.5) is 23.0 Å². The number of benzene rings is 1. The van der Waals surface area contributed by atoms with E-state index in [4.69, 9.17) is 0 Å². The fourth-order valence-electron chi connectivity index (χ4n) is 2.27. The van der Waals surface area contributed by atoms with Gasteiger partial charge in [0, 0.05) is 25.7 Å². The molecule has 3 rings (SSSR count). The first kappa shape index (κ1) is 15.6. The molecule has 0 saturated heterocycles. The summed E-state index contributed by atoms with van der Waals surface area (Å²) < 4.78 is 0. The number of nitrogens with one attached hydrogen (secondary N) is 2. The molecule has 0 aliphatic carbocycles. The standard InChI is InChI=1S/C15H15N7O2/c1-21(2)20-15-13(22(23)24)14(17-9-18-15)19-11-7-3-5-10-6-4-8-16-12(10)11/h3-9H,1-2H3,(H2,17,18,19,20). The van der Waals surface area contributed by atoms with E-state index < -0.39 is 4.92 Å². The quantitative estimate of drug-likeness (QED) is 0.544. The van der Waals surface area contributed by atoms with Crippen LogP contribution in [0.2, 0.25) is 0 Å². The zero-order valence-corrected chi connectivity index (χ0v) is 13.1. The lowest BCUT2D eigenvalue weighted by molar-refractivity contribution is -0.383. The molecular weight excluding hydrogens is 310 g/mol. The van der Waals surface area contributed by atoms with Crippen LogP contribution in [0.1, 0.15) is 0 Å². The van der Waals surface area contributed by atoms with Gasteiger partial charge in [0.2, 0.25) is 11.6 Å². The van der Waals surface area contributed by atoms with E-state index in [-0.39, 0.29) is 17.3 Å². The first-order valence-corrected chi connectivity index (χ1v) is 7.10. The van der Waals surface area contributed by atoms with Crippen LogP contribution in [0.3, 0.4) is 0 Å². The Morgan fingerprint density at radius 3 is 2.58 bits per heavy atom. The van der Waals surface area contributed by atoms with Crippen LogP contribution in [-0.4, -0.2) is 39.0 Å². The minimum Gasteiger partial charge on any atom is -0.332 e. The summed E-state index contributed by atoms with van der Waals surface area (Å²) in [6.45, 7) is 0. The van der Waals surface area contributed by atoms with Gasteiger partial charge in [0.15, 0.2) is 0 Å². The van der Waals surface area contributed by atoms with E-state index in [2.05, 4.69) is 25.7 Å². The summed E-state index contributed by atoms with van der Waals surface area (Å²) in [5.41, 5.74) is 3.90. The number of fused-ring (bicyclic) bond motifs is 1. The molecule has 0 atom stereocenters. The van der Waals surface area contributed by atoms with E-state index in [0.29, 0.717) is 11.2 Å². The van der Waals surface area contributed by atoms with Crippen molar-refractivity contribution in [3.8, 4) is 0 Å². The summed E-state index contributed by atoms with van der Waals surface area (Å²) in [7, 11) is 3.43. The number of hydrazine groups is 1. The zero-order valence-electron chi connectivity index (χ0n) is 13.1. The monoisotopic (exact) mass is 325 g/mol. The van der Waals surface area contributed by atoms with Crippen LogP contribution >= 0.6 is 0 Å². The lowest BCUT2D eigenvalue weighted by Gasteiger charge is -2.14. The molecule has 0 bridgehead atoms. The Bertz CT molecular complexity index is 893. The molecule has 1 aromatic carbocycles. The third-order valence-electron chi connectivity index (χ3n) is 3.22. The fraction of sp³-hybridized carbons (Fsp3) is 0.133. The molecule has 0 amide bonds. The van der Waals surface area contributed by atoms with E-state index in [1.165, 1.54) is 6.33 Å². The van der Waals surface area contributed by atoms with Crippen molar-refractivity contribution in [1.82, 2.24) is 20.0 Å². The van der Waals surface area contributed by atoms with Gasteiger partial charge in [0.1, 0.15) is 6.33 Å². The minimum absolute atomic E-state index is 0.0949. The van der Waals surface area contributed by atoms with Crippen LogP contribution in [0.25, 0.3) is 10.9 Å². The molecule has 24 heavy (non-hydrogen) atoms. The van der Waals surface area contributed by atoms with Crippen molar-refractivity contribution in [2.45, 2.75) is 0 Å². The summed E-state index contributed by atoms with van der Waals surface area (Å²) in [6.07, 6.45) is 2.93. The summed E-state index contributed by atoms with van der Waals surface area (Å²) >= 11 is 0. The van der Waals surface area contributed by atoms with Gasteiger partial charge in [0.05, 0.1) is 16.1 Å².